The van der Waals surface area contributed by atoms with Crippen LogP contribution in [0.25, 0.3) is 0 Å². The maximum absolute atomic E-state index is 4.50. The molecule has 0 unspecified atom stereocenters. The zero-order valence-corrected chi connectivity index (χ0v) is 7.72. The van der Waals surface area contributed by atoms with E-state index in [4.69, 9.17) is 0 Å². The number of nitrogens with two attached hydrogens (primary N) is 1. The highest BCUT2D eigenvalue weighted by molar-refractivity contribution is 4.94. The highest BCUT2D eigenvalue weighted by Gasteiger charge is 1.42. The second-order valence-electron chi connectivity index (χ2n) is 1.47. The van der Waals surface area contributed by atoms with Gasteiger partial charge in [0.15, 0.2) is 0 Å². The van der Waals surface area contributed by atoms with Crippen molar-refractivity contribution in [1.82, 2.24) is 0 Å². The molecule has 0 saturated carbocycles. The van der Waals surface area contributed by atoms with Crippen LogP contribution in [0.1, 0.15) is 27.2 Å². The molecule has 10 heavy (non-hydrogen) atoms. The minimum Gasteiger partial charge on any atom is -0.333 e. The van der Waals surface area contributed by atoms with E-state index < -0.39 is 0 Å². The lowest BCUT2D eigenvalue weighted by Gasteiger charge is -1.56. The average molecular weight is 143 g/mol. The molecule has 0 spiro atoms. The summed E-state index contributed by atoms with van der Waals surface area (Å²) in [4.78, 5) is 0. The van der Waals surface area contributed by atoms with Crippen LogP contribution in [-0.2, 0) is 0 Å². The molecule has 0 aromatic carbocycles. The number of rotatable bonds is 1. The molecule has 0 aliphatic rings. The SMILES string of the molecule is C=C/C=C\C.CCC.CN. The Balaban J connectivity index is -0.0000000847. The molecule has 1 nitrogen and oxygen atoms in total. The van der Waals surface area contributed by atoms with E-state index in [9.17, 15) is 0 Å². The largest absolute Gasteiger partial charge is 0.333 e. The topological polar surface area (TPSA) is 26.0 Å². The molecule has 0 aromatic heterocycles. The summed E-state index contributed by atoms with van der Waals surface area (Å²) < 4.78 is 0. The number of allylic oxidation sites excluding steroid dienone is 3. The molecular weight excluding hydrogens is 122 g/mol. The minimum atomic E-state index is 1.25. The summed E-state index contributed by atoms with van der Waals surface area (Å²) >= 11 is 0. The first kappa shape index (κ1) is 16.2. The van der Waals surface area contributed by atoms with Crippen molar-refractivity contribution in [1.29, 1.82) is 0 Å². The summed E-state index contributed by atoms with van der Waals surface area (Å²) in [6.07, 6.45) is 6.83. The Morgan fingerprint density at radius 1 is 1.30 bits per heavy atom. The zero-order valence-electron chi connectivity index (χ0n) is 7.72. The summed E-state index contributed by atoms with van der Waals surface area (Å²) in [6.45, 7) is 9.67. The predicted molar refractivity (Wildman–Crippen MR) is 51.1 cm³/mol. The van der Waals surface area contributed by atoms with Crippen LogP contribution < -0.4 is 5.73 Å². The summed E-state index contributed by atoms with van der Waals surface area (Å²) in [7, 11) is 1.50. The van der Waals surface area contributed by atoms with E-state index in [2.05, 4.69) is 26.2 Å². The van der Waals surface area contributed by atoms with Gasteiger partial charge in [-0.1, -0.05) is 45.1 Å². The number of hydrogen-bond donors (Lipinski definition) is 1. The second-order valence-corrected chi connectivity index (χ2v) is 1.47. The first-order valence-corrected chi connectivity index (χ1v) is 3.64. The summed E-state index contributed by atoms with van der Waals surface area (Å²) in [6, 6.07) is 0. The van der Waals surface area contributed by atoms with Crippen molar-refractivity contribution in [2.75, 3.05) is 7.05 Å². The molecule has 0 fully saturated rings. The highest BCUT2D eigenvalue weighted by Crippen LogP contribution is 1.64. The standard InChI is InChI=1S/C5H8.C3H8.CH5N/c1-3-5-4-2;1-3-2;1-2/h3-5H,1H2,2H3;3H2,1-2H3;2H2,1H3/b5-4-;;. The summed E-state index contributed by atoms with van der Waals surface area (Å²) in [5.41, 5.74) is 4.50. The molecule has 0 aliphatic carbocycles. The van der Waals surface area contributed by atoms with Crippen LogP contribution >= 0.6 is 0 Å². The first-order valence-electron chi connectivity index (χ1n) is 3.64. The van der Waals surface area contributed by atoms with Crippen LogP contribution in [0.15, 0.2) is 24.8 Å². The van der Waals surface area contributed by atoms with E-state index in [1.54, 1.807) is 6.08 Å². The quantitative estimate of drug-likeness (QED) is 0.561. The fourth-order valence-electron chi connectivity index (χ4n) is 0.136. The molecule has 0 saturated heterocycles. The molecule has 0 amide bonds. The van der Waals surface area contributed by atoms with Crippen molar-refractivity contribution in [2.45, 2.75) is 27.2 Å². The predicted octanol–water partition coefficient (Wildman–Crippen LogP) is 2.74. The van der Waals surface area contributed by atoms with Crippen molar-refractivity contribution < 1.29 is 0 Å². The molecule has 0 bridgehead atoms. The van der Waals surface area contributed by atoms with Gasteiger partial charge in [0.1, 0.15) is 0 Å². The van der Waals surface area contributed by atoms with Crippen molar-refractivity contribution in [2.24, 2.45) is 5.73 Å². The first-order chi connectivity index (χ1) is 4.83. The van der Waals surface area contributed by atoms with Crippen molar-refractivity contribution >= 4 is 0 Å². The lowest BCUT2D eigenvalue weighted by atomic mass is 10.5. The zero-order chi connectivity index (χ0) is 8.83. The Labute approximate surface area is 65.6 Å². The third kappa shape index (κ3) is 149. The van der Waals surface area contributed by atoms with Gasteiger partial charge >= 0.3 is 0 Å². The van der Waals surface area contributed by atoms with Gasteiger partial charge in [0, 0.05) is 0 Å². The van der Waals surface area contributed by atoms with Gasteiger partial charge in [-0.15, -0.1) is 0 Å². The third-order valence-corrected chi connectivity index (χ3v) is 0.329. The lowest BCUT2D eigenvalue weighted by Crippen LogP contribution is -1.69. The van der Waals surface area contributed by atoms with Gasteiger partial charge in [0.25, 0.3) is 0 Å². The fourth-order valence-corrected chi connectivity index (χ4v) is 0.136. The van der Waals surface area contributed by atoms with Crippen LogP contribution in [0, 0.1) is 0 Å². The molecule has 0 rings (SSSR count). The van der Waals surface area contributed by atoms with E-state index in [0.29, 0.717) is 0 Å². The normalized spacial score (nSPS) is 6.90. The van der Waals surface area contributed by atoms with Crippen molar-refractivity contribution in [3.05, 3.63) is 24.8 Å². The average Bonchev–Trinajstić information content (AvgIpc) is 1.96. The molecular formula is C9H21N. The molecule has 0 aliphatic heterocycles. The molecule has 2 N–H and O–H groups in total. The van der Waals surface area contributed by atoms with Crippen LogP contribution in [-0.4, -0.2) is 7.05 Å². The Morgan fingerprint density at radius 3 is 1.60 bits per heavy atom. The number of hydrogen-bond acceptors (Lipinski definition) is 1. The third-order valence-electron chi connectivity index (χ3n) is 0.329. The second kappa shape index (κ2) is 39.5. The highest BCUT2D eigenvalue weighted by atomic mass is 14.4. The van der Waals surface area contributed by atoms with E-state index >= 15 is 0 Å². The van der Waals surface area contributed by atoms with E-state index in [1.165, 1.54) is 13.5 Å². The Kier molecular flexibility index (Phi) is 64.0. The monoisotopic (exact) mass is 143 g/mol. The van der Waals surface area contributed by atoms with E-state index in [-0.39, 0.29) is 0 Å². The van der Waals surface area contributed by atoms with E-state index in [1.807, 2.05) is 19.1 Å². The minimum absolute atomic E-state index is 1.25. The molecule has 1 heteroatoms. The Hall–Kier alpha value is -0.560. The van der Waals surface area contributed by atoms with Gasteiger partial charge in [-0.3, -0.25) is 0 Å². The molecule has 62 valence electrons. The van der Waals surface area contributed by atoms with Gasteiger partial charge in [-0.25, -0.2) is 0 Å². The van der Waals surface area contributed by atoms with Crippen LogP contribution in [0.3, 0.4) is 0 Å². The summed E-state index contributed by atoms with van der Waals surface area (Å²) in [5, 5.41) is 0. The van der Waals surface area contributed by atoms with Gasteiger partial charge < -0.3 is 5.73 Å². The maximum Gasteiger partial charge on any atom is -0.0195 e. The molecule has 0 aromatic rings. The van der Waals surface area contributed by atoms with Gasteiger partial charge in [-0.05, 0) is 14.0 Å². The molecule has 0 heterocycles. The maximum atomic E-state index is 4.50. The summed E-state index contributed by atoms with van der Waals surface area (Å²) in [5.74, 6) is 0. The van der Waals surface area contributed by atoms with E-state index in [0.717, 1.165) is 0 Å². The fraction of sp³-hybridized carbons (Fsp3) is 0.556. The Bertz CT molecular complexity index is 55.7. The van der Waals surface area contributed by atoms with Gasteiger partial charge in [0.05, 0.1) is 0 Å². The van der Waals surface area contributed by atoms with Crippen LogP contribution in [0.5, 0.6) is 0 Å². The smallest absolute Gasteiger partial charge is 0.0195 e. The van der Waals surface area contributed by atoms with Crippen LogP contribution in [0.2, 0.25) is 0 Å². The lowest BCUT2D eigenvalue weighted by molar-refractivity contribution is 1.09. The van der Waals surface area contributed by atoms with Crippen LogP contribution in [0.4, 0.5) is 0 Å². The van der Waals surface area contributed by atoms with Crippen molar-refractivity contribution in [3.8, 4) is 0 Å². The van der Waals surface area contributed by atoms with Gasteiger partial charge in [-0.2, -0.15) is 0 Å². The van der Waals surface area contributed by atoms with Crippen molar-refractivity contribution in [3.63, 3.8) is 0 Å². The van der Waals surface area contributed by atoms with Gasteiger partial charge in [0.2, 0.25) is 0 Å². The molecule has 0 radical (unpaired) electrons. The Morgan fingerprint density at radius 2 is 1.60 bits per heavy atom. The molecule has 0 atom stereocenters.